The van der Waals surface area contributed by atoms with E-state index in [2.05, 4.69) is 15.8 Å². The number of aromatic nitrogens is 1. The number of hydrogen-bond acceptors (Lipinski definition) is 5. The number of nitrogens with zero attached hydrogens (tertiary/aromatic N) is 2. The molecule has 1 aromatic heterocycles. The summed E-state index contributed by atoms with van der Waals surface area (Å²) in [6.45, 7) is 4.18. The Balaban J connectivity index is 1.65. The fourth-order valence-corrected chi connectivity index (χ4v) is 2.97. The molecule has 0 spiro atoms. The van der Waals surface area contributed by atoms with Gasteiger partial charge in [-0.3, -0.25) is 14.9 Å². The van der Waals surface area contributed by atoms with Crippen LogP contribution in [0, 0.1) is 6.92 Å². The topological polar surface area (TPSA) is 87.5 Å². The molecule has 1 atom stereocenters. The number of aryl methyl sites for hydroxylation is 1. The normalized spacial score (nSPS) is 15.3. The second kappa shape index (κ2) is 7.14. The third-order valence-corrected chi connectivity index (χ3v) is 4.27. The molecule has 0 aliphatic carbocycles. The van der Waals surface area contributed by atoms with Crippen molar-refractivity contribution in [3.63, 3.8) is 0 Å². The summed E-state index contributed by atoms with van der Waals surface area (Å²) >= 11 is 6.31. The second-order valence-electron chi connectivity index (χ2n) is 6.00. The molecule has 132 valence electrons. The van der Waals surface area contributed by atoms with E-state index in [0.29, 0.717) is 40.9 Å². The third-order valence-electron chi connectivity index (χ3n) is 3.96. The highest BCUT2D eigenvalue weighted by Crippen LogP contribution is 2.31. The van der Waals surface area contributed by atoms with Crippen LogP contribution < -0.4 is 15.5 Å². The molecule has 2 aromatic rings. The maximum absolute atomic E-state index is 12.2. The lowest BCUT2D eigenvalue weighted by Crippen LogP contribution is -2.31. The zero-order valence-corrected chi connectivity index (χ0v) is 14.8. The fourth-order valence-electron chi connectivity index (χ4n) is 2.69. The van der Waals surface area contributed by atoms with Crippen LogP contribution in [0.15, 0.2) is 28.8 Å². The van der Waals surface area contributed by atoms with E-state index >= 15 is 0 Å². The Morgan fingerprint density at radius 3 is 2.80 bits per heavy atom. The van der Waals surface area contributed by atoms with Gasteiger partial charge in [0.1, 0.15) is 6.04 Å². The Morgan fingerprint density at radius 1 is 1.40 bits per heavy atom. The lowest BCUT2D eigenvalue weighted by Gasteiger charge is -2.19. The molecule has 8 heteroatoms. The van der Waals surface area contributed by atoms with Gasteiger partial charge in [-0.15, -0.1) is 0 Å². The number of halogens is 1. The molecule has 1 saturated heterocycles. The van der Waals surface area contributed by atoms with Crippen LogP contribution in [0.5, 0.6) is 0 Å². The van der Waals surface area contributed by atoms with Gasteiger partial charge in [-0.2, -0.15) is 0 Å². The Labute approximate surface area is 150 Å². The molecule has 1 aliphatic heterocycles. The van der Waals surface area contributed by atoms with Crippen LogP contribution in [0.2, 0.25) is 5.02 Å². The number of benzene rings is 1. The SMILES string of the molecule is Cc1cc(NC(=O)[C@H](C)Nc2ccc(N3CCCC3=O)c(Cl)c2)on1. The average molecular weight is 363 g/mol. The summed E-state index contributed by atoms with van der Waals surface area (Å²) in [6.07, 6.45) is 1.39. The molecule has 2 N–H and O–H groups in total. The van der Waals surface area contributed by atoms with E-state index in [9.17, 15) is 9.59 Å². The minimum atomic E-state index is -0.513. The number of rotatable bonds is 5. The van der Waals surface area contributed by atoms with Gasteiger partial charge in [-0.1, -0.05) is 16.8 Å². The van der Waals surface area contributed by atoms with Gasteiger partial charge in [0.2, 0.25) is 17.7 Å². The minimum Gasteiger partial charge on any atom is -0.374 e. The Kier molecular flexibility index (Phi) is 4.94. The van der Waals surface area contributed by atoms with Crippen molar-refractivity contribution in [2.75, 3.05) is 22.1 Å². The molecule has 1 fully saturated rings. The summed E-state index contributed by atoms with van der Waals surface area (Å²) in [5.41, 5.74) is 2.08. The molecule has 2 amide bonds. The van der Waals surface area contributed by atoms with Gasteiger partial charge in [0.25, 0.3) is 0 Å². The third kappa shape index (κ3) is 3.93. The number of amides is 2. The van der Waals surface area contributed by atoms with Crippen molar-refractivity contribution in [3.8, 4) is 0 Å². The predicted octanol–water partition coefficient (Wildman–Crippen LogP) is 3.20. The van der Waals surface area contributed by atoms with E-state index in [1.807, 2.05) is 0 Å². The molecule has 1 aromatic carbocycles. The molecular weight excluding hydrogens is 344 g/mol. The van der Waals surface area contributed by atoms with Crippen molar-refractivity contribution < 1.29 is 14.1 Å². The minimum absolute atomic E-state index is 0.0812. The summed E-state index contributed by atoms with van der Waals surface area (Å²) in [5.74, 6) is 0.126. The molecule has 0 unspecified atom stereocenters. The van der Waals surface area contributed by atoms with Gasteiger partial charge < -0.3 is 14.7 Å². The van der Waals surface area contributed by atoms with Crippen LogP contribution in [0.25, 0.3) is 0 Å². The number of carbonyl (C=O) groups is 2. The highest BCUT2D eigenvalue weighted by molar-refractivity contribution is 6.34. The fraction of sp³-hybridized carbons (Fsp3) is 0.353. The zero-order valence-electron chi connectivity index (χ0n) is 14.0. The van der Waals surface area contributed by atoms with Crippen LogP contribution in [-0.4, -0.2) is 29.6 Å². The van der Waals surface area contributed by atoms with Gasteiger partial charge in [0.05, 0.1) is 16.4 Å². The zero-order chi connectivity index (χ0) is 18.0. The maximum Gasteiger partial charge on any atom is 0.248 e. The first-order chi connectivity index (χ1) is 11.9. The van der Waals surface area contributed by atoms with E-state index in [1.165, 1.54) is 0 Å². The standard InChI is InChI=1S/C17H19ClN4O3/c1-10-8-15(25-21-10)20-17(24)11(2)19-12-5-6-14(13(18)9-12)22-7-3-4-16(22)23/h5-6,8-9,11,19H,3-4,7H2,1-2H3,(H,20,24)/t11-/m0/s1. The number of nitrogens with one attached hydrogen (secondary N) is 2. The molecule has 0 saturated carbocycles. The molecule has 0 bridgehead atoms. The van der Waals surface area contributed by atoms with Gasteiger partial charge in [-0.05, 0) is 38.5 Å². The van der Waals surface area contributed by atoms with Crippen molar-refractivity contribution in [3.05, 3.63) is 35.0 Å². The molecular formula is C17H19ClN4O3. The highest BCUT2D eigenvalue weighted by atomic mass is 35.5. The average Bonchev–Trinajstić information content (AvgIpc) is 3.16. The number of carbonyl (C=O) groups excluding carboxylic acids is 2. The van der Waals surface area contributed by atoms with Crippen LogP contribution >= 0.6 is 11.6 Å². The van der Waals surface area contributed by atoms with Crippen LogP contribution in [0.1, 0.15) is 25.5 Å². The van der Waals surface area contributed by atoms with Crippen molar-refractivity contribution in [1.82, 2.24) is 5.16 Å². The lowest BCUT2D eigenvalue weighted by atomic mass is 10.2. The van der Waals surface area contributed by atoms with Crippen LogP contribution in [0.4, 0.5) is 17.3 Å². The number of anilines is 3. The molecule has 25 heavy (non-hydrogen) atoms. The first kappa shape index (κ1) is 17.3. The van der Waals surface area contributed by atoms with E-state index in [1.54, 1.807) is 43.0 Å². The van der Waals surface area contributed by atoms with E-state index < -0.39 is 6.04 Å². The number of hydrogen-bond donors (Lipinski definition) is 2. The van der Waals surface area contributed by atoms with Gasteiger partial charge in [0.15, 0.2) is 0 Å². The molecule has 1 aliphatic rings. The van der Waals surface area contributed by atoms with E-state index in [4.69, 9.17) is 16.1 Å². The van der Waals surface area contributed by atoms with Crippen LogP contribution in [0.3, 0.4) is 0 Å². The summed E-state index contributed by atoms with van der Waals surface area (Å²) in [6, 6.07) is 6.43. The van der Waals surface area contributed by atoms with Crippen molar-refractivity contribution in [1.29, 1.82) is 0 Å². The molecule has 7 nitrogen and oxygen atoms in total. The van der Waals surface area contributed by atoms with Crippen LogP contribution in [-0.2, 0) is 9.59 Å². The quantitative estimate of drug-likeness (QED) is 0.852. The van der Waals surface area contributed by atoms with E-state index in [0.717, 1.165) is 6.42 Å². The summed E-state index contributed by atoms with van der Waals surface area (Å²) in [7, 11) is 0. The Bertz CT molecular complexity index is 805. The van der Waals surface area contributed by atoms with Crippen molar-refractivity contribution >= 4 is 40.7 Å². The summed E-state index contributed by atoms with van der Waals surface area (Å²) in [5, 5.41) is 9.91. The highest BCUT2D eigenvalue weighted by Gasteiger charge is 2.24. The molecule has 2 heterocycles. The Hall–Kier alpha value is -2.54. The van der Waals surface area contributed by atoms with Gasteiger partial charge in [-0.25, -0.2) is 0 Å². The maximum atomic E-state index is 12.2. The van der Waals surface area contributed by atoms with Gasteiger partial charge in [0, 0.05) is 24.7 Å². The first-order valence-electron chi connectivity index (χ1n) is 8.04. The monoisotopic (exact) mass is 362 g/mol. The van der Waals surface area contributed by atoms with E-state index in [-0.39, 0.29) is 11.8 Å². The smallest absolute Gasteiger partial charge is 0.248 e. The first-order valence-corrected chi connectivity index (χ1v) is 8.42. The predicted molar refractivity (Wildman–Crippen MR) is 96.0 cm³/mol. The summed E-state index contributed by atoms with van der Waals surface area (Å²) < 4.78 is 4.97. The summed E-state index contributed by atoms with van der Waals surface area (Å²) in [4.78, 5) is 25.7. The lowest BCUT2D eigenvalue weighted by molar-refractivity contribution is -0.117. The van der Waals surface area contributed by atoms with Gasteiger partial charge >= 0.3 is 0 Å². The van der Waals surface area contributed by atoms with Crippen molar-refractivity contribution in [2.45, 2.75) is 32.7 Å². The largest absolute Gasteiger partial charge is 0.374 e. The molecule has 3 rings (SSSR count). The Morgan fingerprint density at radius 2 is 2.20 bits per heavy atom. The van der Waals surface area contributed by atoms with Crippen molar-refractivity contribution in [2.24, 2.45) is 0 Å². The second-order valence-corrected chi connectivity index (χ2v) is 6.41. The molecule has 0 radical (unpaired) electrons.